The first-order chi connectivity index (χ1) is 7.94. The van der Waals surface area contributed by atoms with Crippen molar-refractivity contribution in [1.82, 2.24) is 0 Å². The number of aliphatic hydroxyl groups is 1. The van der Waals surface area contributed by atoms with Gasteiger partial charge in [0.1, 0.15) is 0 Å². The van der Waals surface area contributed by atoms with Crippen molar-refractivity contribution in [3.8, 4) is 5.75 Å². The second kappa shape index (κ2) is 5.86. The lowest BCUT2D eigenvalue weighted by Gasteiger charge is -2.11. The van der Waals surface area contributed by atoms with Gasteiger partial charge in [-0.1, -0.05) is 12.1 Å². The van der Waals surface area contributed by atoms with Crippen LogP contribution in [0.5, 0.6) is 5.75 Å². The molecular weight excluding hydrogens is 240 g/mol. The van der Waals surface area contributed by atoms with Gasteiger partial charge in [0.05, 0.1) is 13.2 Å². The van der Waals surface area contributed by atoms with E-state index < -0.39 is 25.0 Å². The van der Waals surface area contributed by atoms with E-state index in [0.29, 0.717) is 0 Å². The molecule has 6 heteroatoms. The highest BCUT2D eigenvalue weighted by atomic mass is 19.4. The maximum atomic E-state index is 13.2. The zero-order chi connectivity index (χ0) is 12.9. The summed E-state index contributed by atoms with van der Waals surface area (Å²) in [4.78, 5) is 0. The van der Waals surface area contributed by atoms with Crippen molar-refractivity contribution in [2.75, 3.05) is 6.61 Å². The molecule has 0 fully saturated rings. The number of benzene rings is 1. The number of hydrogen-bond acceptors (Lipinski definition) is 2. The Labute approximate surface area is 95.8 Å². The standard InChI is InChI=1S/C11H12F4O2/c12-9-4-1-3-8(7-16)10(9)17-6-2-5-11(13,14)15/h1,3-4,16H,2,5-7H2. The fourth-order valence-corrected chi connectivity index (χ4v) is 1.29. The van der Waals surface area contributed by atoms with Crippen molar-refractivity contribution in [3.63, 3.8) is 0 Å². The van der Waals surface area contributed by atoms with Crippen LogP contribution in [-0.4, -0.2) is 17.9 Å². The van der Waals surface area contributed by atoms with Crippen LogP contribution in [0.4, 0.5) is 17.6 Å². The molecule has 0 saturated carbocycles. The molecule has 0 saturated heterocycles. The van der Waals surface area contributed by atoms with Crippen LogP contribution in [0.3, 0.4) is 0 Å². The number of rotatable bonds is 5. The van der Waals surface area contributed by atoms with Gasteiger partial charge in [0.2, 0.25) is 0 Å². The minimum absolute atomic E-state index is 0.183. The number of ether oxygens (including phenoxy) is 1. The van der Waals surface area contributed by atoms with E-state index in [1.54, 1.807) is 0 Å². The monoisotopic (exact) mass is 252 g/mol. The average molecular weight is 252 g/mol. The Morgan fingerprint density at radius 2 is 1.94 bits per heavy atom. The fraction of sp³-hybridized carbons (Fsp3) is 0.455. The fourth-order valence-electron chi connectivity index (χ4n) is 1.29. The van der Waals surface area contributed by atoms with Crippen LogP contribution in [-0.2, 0) is 6.61 Å². The maximum Gasteiger partial charge on any atom is 0.389 e. The summed E-state index contributed by atoms with van der Waals surface area (Å²) in [6, 6.07) is 3.96. The highest BCUT2D eigenvalue weighted by Crippen LogP contribution is 2.24. The number of halogens is 4. The molecule has 2 nitrogen and oxygen atoms in total. The van der Waals surface area contributed by atoms with Gasteiger partial charge in [0, 0.05) is 12.0 Å². The van der Waals surface area contributed by atoms with E-state index in [1.807, 2.05) is 0 Å². The second-order valence-corrected chi connectivity index (χ2v) is 3.45. The van der Waals surface area contributed by atoms with Crippen molar-refractivity contribution >= 4 is 0 Å². The molecule has 17 heavy (non-hydrogen) atoms. The van der Waals surface area contributed by atoms with Crippen LogP contribution < -0.4 is 4.74 Å². The van der Waals surface area contributed by atoms with E-state index in [4.69, 9.17) is 9.84 Å². The average Bonchev–Trinajstić information content (AvgIpc) is 2.24. The van der Waals surface area contributed by atoms with Crippen LogP contribution in [0.25, 0.3) is 0 Å². The molecule has 1 aromatic carbocycles. The third kappa shape index (κ3) is 4.60. The first-order valence-corrected chi connectivity index (χ1v) is 5.02. The Kier molecular flexibility index (Phi) is 4.74. The lowest BCUT2D eigenvalue weighted by Crippen LogP contribution is -2.10. The van der Waals surface area contributed by atoms with Gasteiger partial charge in [-0.3, -0.25) is 0 Å². The predicted molar refractivity (Wildman–Crippen MR) is 53.1 cm³/mol. The molecule has 0 aliphatic carbocycles. The summed E-state index contributed by atoms with van der Waals surface area (Å²) in [6.45, 7) is -0.667. The molecule has 0 aromatic heterocycles. The Morgan fingerprint density at radius 1 is 1.24 bits per heavy atom. The van der Waals surface area contributed by atoms with E-state index in [2.05, 4.69) is 0 Å². The normalized spacial score (nSPS) is 11.6. The van der Waals surface area contributed by atoms with Crippen LogP contribution in [0.2, 0.25) is 0 Å². The Hall–Kier alpha value is -1.30. The van der Waals surface area contributed by atoms with Gasteiger partial charge in [-0.25, -0.2) is 4.39 Å². The molecule has 0 aliphatic heterocycles. The lowest BCUT2D eigenvalue weighted by atomic mass is 10.2. The lowest BCUT2D eigenvalue weighted by molar-refractivity contribution is -0.136. The number of aliphatic hydroxyl groups excluding tert-OH is 1. The first-order valence-electron chi connectivity index (χ1n) is 5.02. The summed E-state index contributed by atoms with van der Waals surface area (Å²) in [5.74, 6) is -0.874. The summed E-state index contributed by atoms with van der Waals surface area (Å²) in [5.41, 5.74) is 0.219. The van der Waals surface area contributed by atoms with Gasteiger partial charge in [0.25, 0.3) is 0 Å². The van der Waals surface area contributed by atoms with Crippen LogP contribution in [0.15, 0.2) is 18.2 Å². The van der Waals surface area contributed by atoms with Gasteiger partial charge < -0.3 is 9.84 Å². The van der Waals surface area contributed by atoms with Gasteiger partial charge in [-0.05, 0) is 12.5 Å². The quantitative estimate of drug-likeness (QED) is 0.644. The Bertz CT molecular complexity index is 363. The van der Waals surface area contributed by atoms with Gasteiger partial charge in [0.15, 0.2) is 11.6 Å². The van der Waals surface area contributed by atoms with Crippen LogP contribution in [0, 0.1) is 5.82 Å². The summed E-state index contributed by atoms with van der Waals surface area (Å²) in [5, 5.41) is 8.90. The molecule has 0 amide bonds. The highest BCUT2D eigenvalue weighted by Gasteiger charge is 2.26. The number of alkyl halides is 3. The van der Waals surface area contributed by atoms with Crippen molar-refractivity contribution in [1.29, 1.82) is 0 Å². The molecule has 0 bridgehead atoms. The zero-order valence-corrected chi connectivity index (χ0v) is 8.93. The molecule has 96 valence electrons. The smallest absolute Gasteiger partial charge is 0.389 e. The summed E-state index contributed by atoms with van der Waals surface area (Å²) in [7, 11) is 0. The number of para-hydroxylation sites is 1. The molecule has 0 unspecified atom stereocenters. The molecule has 1 rings (SSSR count). The topological polar surface area (TPSA) is 29.5 Å². The van der Waals surface area contributed by atoms with E-state index >= 15 is 0 Å². The molecule has 0 heterocycles. The Balaban J connectivity index is 2.52. The first kappa shape index (κ1) is 13.8. The molecular formula is C11H12F4O2. The molecule has 0 aliphatic rings. The predicted octanol–water partition coefficient (Wildman–Crippen LogP) is 3.04. The van der Waals surface area contributed by atoms with E-state index in [-0.39, 0.29) is 24.3 Å². The van der Waals surface area contributed by atoms with E-state index in [9.17, 15) is 17.6 Å². The second-order valence-electron chi connectivity index (χ2n) is 3.45. The Morgan fingerprint density at radius 3 is 2.53 bits per heavy atom. The van der Waals surface area contributed by atoms with E-state index in [1.165, 1.54) is 12.1 Å². The molecule has 0 spiro atoms. The summed E-state index contributed by atoms with van der Waals surface area (Å²) < 4.78 is 53.7. The third-order valence-electron chi connectivity index (χ3n) is 2.07. The molecule has 0 atom stereocenters. The zero-order valence-electron chi connectivity index (χ0n) is 8.93. The molecule has 0 radical (unpaired) electrons. The minimum atomic E-state index is -4.24. The van der Waals surface area contributed by atoms with Crippen molar-refractivity contribution < 1.29 is 27.4 Å². The third-order valence-corrected chi connectivity index (χ3v) is 2.07. The molecule has 1 N–H and O–H groups in total. The highest BCUT2D eigenvalue weighted by molar-refractivity contribution is 5.34. The van der Waals surface area contributed by atoms with Crippen molar-refractivity contribution in [3.05, 3.63) is 29.6 Å². The SMILES string of the molecule is OCc1cccc(F)c1OCCCC(F)(F)F. The minimum Gasteiger partial charge on any atom is -0.490 e. The largest absolute Gasteiger partial charge is 0.490 e. The van der Waals surface area contributed by atoms with Gasteiger partial charge in [-0.15, -0.1) is 0 Å². The maximum absolute atomic E-state index is 13.2. The van der Waals surface area contributed by atoms with Gasteiger partial charge >= 0.3 is 6.18 Å². The van der Waals surface area contributed by atoms with E-state index in [0.717, 1.165) is 6.07 Å². The summed E-state index contributed by atoms with van der Waals surface area (Å²) in [6.07, 6.45) is -5.46. The summed E-state index contributed by atoms with van der Waals surface area (Å²) >= 11 is 0. The van der Waals surface area contributed by atoms with Crippen LogP contribution >= 0.6 is 0 Å². The van der Waals surface area contributed by atoms with Crippen LogP contribution in [0.1, 0.15) is 18.4 Å². The molecule has 1 aromatic rings. The van der Waals surface area contributed by atoms with Crippen molar-refractivity contribution in [2.45, 2.75) is 25.6 Å². The van der Waals surface area contributed by atoms with Crippen molar-refractivity contribution in [2.24, 2.45) is 0 Å². The number of hydrogen-bond donors (Lipinski definition) is 1. The van der Waals surface area contributed by atoms with Gasteiger partial charge in [-0.2, -0.15) is 13.2 Å².